The van der Waals surface area contributed by atoms with Crippen molar-refractivity contribution in [2.45, 2.75) is 42.1 Å². The van der Waals surface area contributed by atoms with Gasteiger partial charge in [-0.1, -0.05) is 29.8 Å². The van der Waals surface area contributed by atoms with Crippen molar-refractivity contribution in [2.24, 2.45) is 0 Å². The third-order valence-corrected chi connectivity index (χ3v) is 8.65. The van der Waals surface area contributed by atoms with Gasteiger partial charge in [0.15, 0.2) is 15.0 Å². The maximum absolute atomic E-state index is 13.3. The number of anilines is 2. The zero-order valence-corrected chi connectivity index (χ0v) is 23.0. The molecule has 0 aliphatic carbocycles. The standard InChI is InChI=1S/C23H22ClN3O7S3/c1-23(2,3)34-22(28)26-21-25-16(12-35-21)13-36(29,30)19-9-8-15(24)11-17(19)27-37(31,32)20-10-14-6-4-5-7-18(14)33-20/h4-12,27H,13H2,1-3H3,(H,25,26,28). The van der Waals surface area contributed by atoms with E-state index in [0.29, 0.717) is 11.0 Å². The van der Waals surface area contributed by atoms with E-state index in [0.717, 1.165) is 11.3 Å². The van der Waals surface area contributed by atoms with Gasteiger partial charge in [0.25, 0.3) is 10.0 Å². The SMILES string of the molecule is CC(C)(C)OC(=O)Nc1nc(CS(=O)(=O)c2ccc(Cl)cc2NS(=O)(=O)c2cc3ccccc3o2)cs1. The number of carbonyl (C=O) groups excluding carboxylic acids is 1. The van der Waals surface area contributed by atoms with Gasteiger partial charge in [0, 0.05) is 21.9 Å². The van der Waals surface area contributed by atoms with Crippen molar-refractivity contribution in [3.05, 3.63) is 64.6 Å². The predicted octanol–water partition coefficient (Wildman–Crippen LogP) is 5.66. The molecule has 2 heterocycles. The summed E-state index contributed by atoms with van der Waals surface area (Å²) in [6.07, 6.45) is -0.726. The van der Waals surface area contributed by atoms with E-state index < -0.39 is 37.3 Å². The van der Waals surface area contributed by atoms with E-state index in [1.165, 1.54) is 29.6 Å². The Balaban J connectivity index is 1.58. The van der Waals surface area contributed by atoms with Gasteiger partial charge in [0.1, 0.15) is 11.2 Å². The van der Waals surface area contributed by atoms with E-state index in [9.17, 15) is 21.6 Å². The number of aromatic nitrogens is 1. The van der Waals surface area contributed by atoms with E-state index >= 15 is 0 Å². The molecule has 196 valence electrons. The summed E-state index contributed by atoms with van der Waals surface area (Å²) in [5.41, 5.74) is -0.442. The van der Waals surface area contributed by atoms with E-state index in [1.807, 2.05) is 0 Å². The van der Waals surface area contributed by atoms with E-state index in [-0.39, 0.29) is 31.5 Å². The average molecular weight is 584 g/mol. The first-order chi connectivity index (χ1) is 17.2. The molecule has 0 fully saturated rings. The van der Waals surface area contributed by atoms with Crippen LogP contribution >= 0.6 is 22.9 Å². The summed E-state index contributed by atoms with van der Waals surface area (Å²) in [6.45, 7) is 5.12. The van der Waals surface area contributed by atoms with Crippen LogP contribution in [0.3, 0.4) is 0 Å². The molecule has 0 unspecified atom stereocenters. The molecule has 0 saturated heterocycles. The molecule has 2 aromatic carbocycles. The number of sulfonamides is 1. The van der Waals surface area contributed by atoms with Gasteiger partial charge in [-0.3, -0.25) is 10.0 Å². The van der Waals surface area contributed by atoms with Gasteiger partial charge >= 0.3 is 6.09 Å². The summed E-state index contributed by atoms with van der Waals surface area (Å²) in [4.78, 5) is 15.8. The molecule has 10 nitrogen and oxygen atoms in total. The molecular weight excluding hydrogens is 562 g/mol. The minimum atomic E-state index is -4.29. The Morgan fingerprint density at radius 2 is 1.84 bits per heavy atom. The smallest absolute Gasteiger partial charge is 0.413 e. The van der Waals surface area contributed by atoms with Crippen LogP contribution in [0.5, 0.6) is 0 Å². The number of benzene rings is 2. The van der Waals surface area contributed by atoms with Gasteiger partial charge in [0.2, 0.25) is 5.09 Å². The first kappa shape index (κ1) is 26.9. The van der Waals surface area contributed by atoms with Crippen LogP contribution in [-0.4, -0.2) is 33.5 Å². The fraction of sp³-hybridized carbons (Fsp3) is 0.217. The van der Waals surface area contributed by atoms with E-state index in [2.05, 4.69) is 15.0 Å². The van der Waals surface area contributed by atoms with Crippen molar-refractivity contribution in [1.82, 2.24) is 4.98 Å². The Hall–Kier alpha value is -3.13. The van der Waals surface area contributed by atoms with Crippen molar-refractivity contribution in [1.29, 1.82) is 0 Å². The Kier molecular flexibility index (Phi) is 7.25. The maximum atomic E-state index is 13.3. The molecule has 1 amide bonds. The number of para-hydroxylation sites is 1. The lowest BCUT2D eigenvalue weighted by molar-refractivity contribution is 0.0636. The fourth-order valence-corrected chi connectivity index (χ4v) is 6.72. The molecule has 2 aromatic heterocycles. The number of hydrogen-bond donors (Lipinski definition) is 2. The quantitative estimate of drug-likeness (QED) is 0.283. The van der Waals surface area contributed by atoms with Crippen LogP contribution in [0.4, 0.5) is 15.6 Å². The van der Waals surface area contributed by atoms with Crippen molar-refractivity contribution in [2.75, 3.05) is 10.0 Å². The molecule has 0 bridgehead atoms. The Morgan fingerprint density at radius 3 is 2.54 bits per heavy atom. The zero-order chi connectivity index (χ0) is 27.0. The molecule has 37 heavy (non-hydrogen) atoms. The summed E-state index contributed by atoms with van der Waals surface area (Å²) < 4.78 is 65.4. The minimum Gasteiger partial charge on any atom is -0.444 e. The van der Waals surface area contributed by atoms with Gasteiger partial charge in [0.05, 0.1) is 22.0 Å². The molecule has 4 aromatic rings. The van der Waals surface area contributed by atoms with Crippen LogP contribution in [0.1, 0.15) is 26.5 Å². The van der Waals surface area contributed by atoms with Gasteiger partial charge in [-0.05, 0) is 45.0 Å². The highest BCUT2D eigenvalue weighted by Crippen LogP contribution is 2.32. The largest absolute Gasteiger partial charge is 0.444 e. The van der Waals surface area contributed by atoms with Crippen LogP contribution in [0.15, 0.2) is 68.3 Å². The second-order valence-corrected chi connectivity index (χ2v) is 13.7. The van der Waals surface area contributed by atoms with Crippen LogP contribution < -0.4 is 10.0 Å². The lowest BCUT2D eigenvalue weighted by atomic mass is 10.2. The van der Waals surface area contributed by atoms with Gasteiger partial charge in [-0.15, -0.1) is 11.3 Å². The number of amides is 1. The van der Waals surface area contributed by atoms with Crippen LogP contribution in [-0.2, 0) is 30.4 Å². The number of fused-ring (bicyclic) bond motifs is 1. The number of nitrogens with zero attached hydrogens (tertiary/aromatic N) is 1. The van der Waals surface area contributed by atoms with Gasteiger partial charge in [-0.25, -0.2) is 18.2 Å². The lowest BCUT2D eigenvalue weighted by Gasteiger charge is -2.18. The predicted molar refractivity (Wildman–Crippen MR) is 141 cm³/mol. The number of hydrogen-bond acceptors (Lipinski definition) is 9. The number of thiazole rings is 1. The zero-order valence-electron chi connectivity index (χ0n) is 19.8. The normalized spacial score (nSPS) is 12.4. The van der Waals surface area contributed by atoms with E-state index in [4.69, 9.17) is 20.8 Å². The third-order valence-electron chi connectivity index (χ3n) is 4.69. The van der Waals surface area contributed by atoms with Gasteiger partial charge in [-0.2, -0.15) is 8.42 Å². The average Bonchev–Trinajstić information content (AvgIpc) is 3.38. The summed E-state index contributed by atoms with van der Waals surface area (Å²) in [5.74, 6) is -0.555. The second kappa shape index (κ2) is 9.97. The molecule has 0 atom stereocenters. The lowest BCUT2D eigenvalue weighted by Crippen LogP contribution is -2.27. The number of halogens is 1. The number of sulfone groups is 1. The number of carbonyl (C=O) groups is 1. The number of ether oxygens (including phenoxy) is 1. The number of rotatable bonds is 7. The molecule has 0 saturated carbocycles. The van der Waals surface area contributed by atoms with Crippen molar-refractivity contribution >= 4 is 70.7 Å². The third kappa shape index (κ3) is 6.60. The maximum Gasteiger partial charge on any atom is 0.413 e. The van der Waals surface area contributed by atoms with E-state index in [1.54, 1.807) is 45.0 Å². The highest BCUT2D eigenvalue weighted by molar-refractivity contribution is 7.93. The Labute approximate surface area is 222 Å². The van der Waals surface area contributed by atoms with Crippen LogP contribution in [0.2, 0.25) is 5.02 Å². The monoisotopic (exact) mass is 583 g/mol. The number of nitrogens with one attached hydrogen (secondary N) is 2. The summed E-state index contributed by atoms with van der Waals surface area (Å²) in [6, 6.07) is 11.8. The molecule has 0 spiro atoms. The highest BCUT2D eigenvalue weighted by Gasteiger charge is 2.27. The molecule has 0 radical (unpaired) electrons. The fourth-order valence-electron chi connectivity index (χ4n) is 3.23. The minimum absolute atomic E-state index is 0.124. The molecule has 0 aliphatic rings. The summed E-state index contributed by atoms with van der Waals surface area (Å²) >= 11 is 7.07. The summed E-state index contributed by atoms with van der Waals surface area (Å²) in [7, 11) is -8.39. The Morgan fingerprint density at radius 1 is 1.11 bits per heavy atom. The molecule has 0 aliphatic heterocycles. The first-order valence-electron chi connectivity index (χ1n) is 10.7. The van der Waals surface area contributed by atoms with Crippen LogP contribution in [0, 0.1) is 0 Å². The molecular formula is C23H22ClN3O7S3. The molecule has 2 N–H and O–H groups in total. The summed E-state index contributed by atoms with van der Waals surface area (Å²) in [5, 5.41) is 4.39. The molecule has 14 heteroatoms. The van der Waals surface area contributed by atoms with Gasteiger partial charge < -0.3 is 9.15 Å². The van der Waals surface area contributed by atoms with Crippen LogP contribution in [0.25, 0.3) is 11.0 Å². The molecule has 4 rings (SSSR count). The number of furan rings is 1. The highest BCUT2D eigenvalue weighted by atomic mass is 35.5. The Bertz CT molecular complexity index is 1650. The van der Waals surface area contributed by atoms with Crippen molar-refractivity contribution < 1.29 is 30.8 Å². The topological polar surface area (TPSA) is 145 Å². The van der Waals surface area contributed by atoms with Crippen molar-refractivity contribution in [3.63, 3.8) is 0 Å². The first-order valence-corrected chi connectivity index (χ1v) is 15.1. The van der Waals surface area contributed by atoms with Crippen molar-refractivity contribution in [3.8, 4) is 0 Å². The second-order valence-electron chi connectivity index (χ2n) is 8.88.